The van der Waals surface area contributed by atoms with Gasteiger partial charge in [0, 0.05) is 38.8 Å². The SMILES string of the molecule is CCCC(C)(N)C(=O)NCCCN1CCN(C)CC1c1ccccc1.Cl. The van der Waals surface area contributed by atoms with Gasteiger partial charge in [-0.05, 0) is 32.4 Å². The topological polar surface area (TPSA) is 61.6 Å². The number of piperazine rings is 1. The lowest BCUT2D eigenvalue weighted by atomic mass is 9.96. The highest BCUT2D eigenvalue weighted by atomic mass is 35.5. The minimum Gasteiger partial charge on any atom is -0.354 e. The van der Waals surface area contributed by atoms with Crippen LogP contribution in [0.15, 0.2) is 30.3 Å². The van der Waals surface area contributed by atoms with Crippen LogP contribution in [0.4, 0.5) is 0 Å². The lowest BCUT2D eigenvalue weighted by Crippen LogP contribution is -2.52. The molecule has 2 atom stereocenters. The molecule has 3 N–H and O–H groups in total. The molecule has 0 saturated carbocycles. The Kier molecular flexibility index (Phi) is 9.58. The van der Waals surface area contributed by atoms with Crippen molar-refractivity contribution in [2.75, 3.05) is 39.8 Å². The zero-order valence-corrected chi connectivity index (χ0v) is 17.2. The molecule has 1 fully saturated rings. The molecule has 1 amide bonds. The van der Waals surface area contributed by atoms with Crippen LogP contribution in [0, 0.1) is 0 Å². The maximum absolute atomic E-state index is 12.2. The lowest BCUT2D eigenvalue weighted by Gasteiger charge is -2.40. The van der Waals surface area contributed by atoms with Gasteiger partial charge in [-0.15, -0.1) is 12.4 Å². The molecule has 1 aliphatic heterocycles. The van der Waals surface area contributed by atoms with Gasteiger partial charge in [0.15, 0.2) is 0 Å². The maximum Gasteiger partial charge on any atom is 0.239 e. The first-order valence-electron chi connectivity index (χ1n) is 9.48. The Bertz CT molecular complexity index is 538. The van der Waals surface area contributed by atoms with Gasteiger partial charge in [-0.2, -0.15) is 0 Å². The largest absolute Gasteiger partial charge is 0.354 e. The van der Waals surface area contributed by atoms with Crippen molar-refractivity contribution >= 4 is 18.3 Å². The minimum absolute atomic E-state index is 0. The molecule has 26 heavy (non-hydrogen) atoms. The zero-order valence-electron chi connectivity index (χ0n) is 16.4. The third kappa shape index (κ3) is 6.54. The molecule has 1 saturated heterocycles. The Hall–Kier alpha value is -1.14. The van der Waals surface area contributed by atoms with Gasteiger partial charge in [-0.1, -0.05) is 43.7 Å². The average Bonchev–Trinajstić information content (AvgIpc) is 2.60. The molecule has 1 heterocycles. The van der Waals surface area contributed by atoms with E-state index < -0.39 is 5.54 Å². The van der Waals surface area contributed by atoms with Crippen molar-refractivity contribution in [3.8, 4) is 0 Å². The predicted octanol–water partition coefficient (Wildman–Crippen LogP) is 2.42. The number of carbonyl (C=O) groups excluding carboxylic acids is 1. The minimum atomic E-state index is -0.755. The first kappa shape index (κ1) is 22.9. The van der Waals surface area contributed by atoms with Crippen LogP contribution in [0.3, 0.4) is 0 Å². The van der Waals surface area contributed by atoms with E-state index in [9.17, 15) is 4.79 Å². The summed E-state index contributed by atoms with van der Waals surface area (Å²) in [7, 11) is 2.18. The second kappa shape index (κ2) is 10.9. The molecule has 0 aliphatic carbocycles. The number of halogens is 1. The van der Waals surface area contributed by atoms with Crippen molar-refractivity contribution < 1.29 is 4.79 Å². The number of likely N-dealkylation sites (N-methyl/N-ethyl adjacent to an activating group) is 1. The van der Waals surface area contributed by atoms with Gasteiger partial charge in [0.1, 0.15) is 0 Å². The molecule has 2 unspecified atom stereocenters. The Labute approximate surface area is 164 Å². The normalized spacial score (nSPS) is 20.8. The summed E-state index contributed by atoms with van der Waals surface area (Å²) in [5, 5.41) is 3.01. The number of nitrogens with zero attached hydrogens (tertiary/aromatic N) is 2. The van der Waals surface area contributed by atoms with Crippen molar-refractivity contribution in [2.45, 2.75) is 44.7 Å². The molecule has 148 valence electrons. The van der Waals surface area contributed by atoms with E-state index in [2.05, 4.69) is 59.4 Å². The van der Waals surface area contributed by atoms with Crippen LogP contribution in [0.2, 0.25) is 0 Å². The summed E-state index contributed by atoms with van der Waals surface area (Å²) in [4.78, 5) is 17.1. The fourth-order valence-corrected chi connectivity index (χ4v) is 3.53. The fourth-order valence-electron chi connectivity index (χ4n) is 3.53. The Morgan fingerprint density at radius 2 is 2.00 bits per heavy atom. The van der Waals surface area contributed by atoms with Crippen LogP contribution < -0.4 is 11.1 Å². The molecule has 0 aromatic heterocycles. The van der Waals surface area contributed by atoms with Crippen molar-refractivity contribution in [3.05, 3.63) is 35.9 Å². The quantitative estimate of drug-likeness (QED) is 0.678. The van der Waals surface area contributed by atoms with Crippen LogP contribution >= 0.6 is 12.4 Å². The first-order chi connectivity index (χ1) is 11.9. The zero-order chi connectivity index (χ0) is 18.3. The molecule has 0 radical (unpaired) electrons. The number of amides is 1. The first-order valence-corrected chi connectivity index (χ1v) is 9.48. The van der Waals surface area contributed by atoms with Crippen LogP contribution in [-0.4, -0.2) is 61.0 Å². The van der Waals surface area contributed by atoms with Gasteiger partial charge in [0.2, 0.25) is 5.91 Å². The smallest absolute Gasteiger partial charge is 0.239 e. The van der Waals surface area contributed by atoms with Gasteiger partial charge < -0.3 is 16.0 Å². The monoisotopic (exact) mass is 382 g/mol. The summed E-state index contributed by atoms with van der Waals surface area (Å²) in [6, 6.07) is 11.1. The standard InChI is InChI=1S/C20H34N4O.ClH/c1-4-11-20(2,21)19(25)22-12-8-13-24-15-14-23(3)16-18(24)17-9-6-5-7-10-17;/h5-7,9-10,18H,4,8,11-16,21H2,1-3H3,(H,22,25);1H. The molecule has 1 aliphatic rings. The van der Waals surface area contributed by atoms with E-state index in [0.717, 1.165) is 39.0 Å². The third-order valence-electron chi connectivity index (χ3n) is 5.07. The number of benzene rings is 1. The summed E-state index contributed by atoms with van der Waals surface area (Å²) in [6.07, 6.45) is 2.58. The van der Waals surface area contributed by atoms with E-state index in [1.54, 1.807) is 0 Å². The average molecular weight is 383 g/mol. The molecule has 1 aromatic carbocycles. The van der Waals surface area contributed by atoms with Crippen LogP contribution in [0.1, 0.15) is 44.7 Å². The van der Waals surface area contributed by atoms with Crippen molar-refractivity contribution in [3.63, 3.8) is 0 Å². The van der Waals surface area contributed by atoms with E-state index >= 15 is 0 Å². The van der Waals surface area contributed by atoms with Gasteiger partial charge in [0.25, 0.3) is 0 Å². The molecule has 2 rings (SSSR count). The van der Waals surface area contributed by atoms with E-state index in [-0.39, 0.29) is 18.3 Å². The predicted molar refractivity (Wildman–Crippen MR) is 111 cm³/mol. The molecule has 1 aromatic rings. The highest BCUT2D eigenvalue weighted by Crippen LogP contribution is 2.24. The highest BCUT2D eigenvalue weighted by molar-refractivity contribution is 5.85. The molecular weight excluding hydrogens is 348 g/mol. The van der Waals surface area contributed by atoms with E-state index in [0.29, 0.717) is 19.0 Å². The molecule has 0 bridgehead atoms. The number of nitrogens with two attached hydrogens (primary N) is 1. The second-order valence-electron chi connectivity index (χ2n) is 7.50. The number of hydrogen-bond donors (Lipinski definition) is 2. The van der Waals surface area contributed by atoms with E-state index in [1.165, 1.54) is 5.56 Å². The van der Waals surface area contributed by atoms with E-state index in [4.69, 9.17) is 5.73 Å². The summed E-state index contributed by atoms with van der Waals surface area (Å²) in [5.74, 6) is -0.0349. The summed E-state index contributed by atoms with van der Waals surface area (Å²) < 4.78 is 0. The number of rotatable bonds is 8. The third-order valence-corrected chi connectivity index (χ3v) is 5.07. The molecule has 6 heteroatoms. The van der Waals surface area contributed by atoms with Gasteiger partial charge in [-0.25, -0.2) is 0 Å². The van der Waals surface area contributed by atoms with Gasteiger partial charge >= 0.3 is 0 Å². The Balaban J connectivity index is 0.00000338. The second-order valence-corrected chi connectivity index (χ2v) is 7.50. The maximum atomic E-state index is 12.2. The molecule has 5 nitrogen and oxygen atoms in total. The van der Waals surface area contributed by atoms with Crippen LogP contribution in [0.25, 0.3) is 0 Å². The Morgan fingerprint density at radius 1 is 1.31 bits per heavy atom. The molecular formula is C20H35ClN4O. The highest BCUT2D eigenvalue weighted by Gasteiger charge is 2.28. The van der Waals surface area contributed by atoms with Crippen molar-refractivity contribution in [2.24, 2.45) is 5.73 Å². The van der Waals surface area contributed by atoms with E-state index in [1.807, 2.05) is 6.92 Å². The number of nitrogens with one attached hydrogen (secondary N) is 1. The van der Waals surface area contributed by atoms with Gasteiger partial charge in [0.05, 0.1) is 5.54 Å². The van der Waals surface area contributed by atoms with Crippen LogP contribution in [-0.2, 0) is 4.79 Å². The number of hydrogen-bond acceptors (Lipinski definition) is 4. The van der Waals surface area contributed by atoms with Gasteiger partial charge in [-0.3, -0.25) is 9.69 Å². The summed E-state index contributed by atoms with van der Waals surface area (Å²) in [6.45, 7) is 8.74. The fraction of sp³-hybridized carbons (Fsp3) is 0.650. The van der Waals surface area contributed by atoms with Crippen LogP contribution in [0.5, 0.6) is 0 Å². The summed E-state index contributed by atoms with van der Waals surface area (Å²) >= 11 is 0. The Morgan fingerprint density at radius 3 is 2.65 bits per heavy atom. The van der Waals surface area contributed by atoms with Crippen molar-refractivity contribution in [1.29, 1.82) is 0 Å². The van der Waals surface area contributed by atoms with Crippen molar-refractivity contribution in [1.82, 2.24) is 15.1 Å². The molecule has 0 spiro atoms. The lowest BCUT2D eigenvalue weighted by molar-refractivity contribution is -0.126. The number of carbonyl (C=O) groups is 1. The summed E-state index contributed by atoms with van der Waals surface area (Å²) in [5.41, 5.74) is 6.70.